The third kappa shape index (κ3) is 4.81. The van der Waals surface area contributed by atoms with Crippen LogP contribution in [0.1, 0.15) is 61.2 Å². The Balaban J connectivity index is 2.75. The number of hydrogen-bond acceptors (Lipinski definition) is 5. The number of nitriles is 1. The Bertz CT molecular complexity index is 645. The number of ether oxygens (including phenoxy) is 1. The molecule has 0 bridgehead atoms. The minimum atomic E-state index is -0.994. The molecule has 0 saturated carbocycles. The molecule has 132 valence electrons. The summed E-state index contributed by atoms with van der Waals surface area (Å²) in [5, 5.41) is 11.9. The van der Waals surface area contributed by atoms with Crippen LogP contribution < -0.4 is 5.32 Å². The molecule has 0 aromatic carbocycles. The number of carbonyl (C=O) groups is 2. The van der Waals surface area contributed by atoms with Crippen LogP contribution in [-0.4, -0.2) is 23.5 Å². The van der Waals surface area contributed by atoms with E-state index in [0.717, 1.165) is 23.3 Å². The van der Waals surface area contributed by atoms with Crippen molar-refractivity contribution in [2.24, 2.45) is 5.92 Å². The van der Waals surface area contributed by atoms with Crippen molar-refractivity contribution < 1.29 is 14.3 Å². The van der Waals surface area contributed by atoms with Gasteiger partial charge in [-0.3, -0.25) is 4.79 Å². The van der Waals surface area contributed by atoms with E-state index >= 15 is 0 Å². The number of amides is 1. The lowest BCUT2D eigenvalue weighted by Gasteiger charge is -2.28. The van der Waals surface area contributed by atoms with E-state index in [1.165, 1.54) is 18.3 Å². The van der Waals surface area contributed by atoms with Gasteiger partial charge in [0.05, 0.1) is 6.07 Å². The smallest absolute Gasteiger partial charge is 0.349 e. The first-order valence-corrected chi connectivity index (χ1v) is 8.99. The van der Waals surface area contributed by atoms with Crippen molar-refractivity contribution in [1.29, 1.82) is 5.26 Å². The highest BCUT2D eigenvalue weighted by Crippen LogP contribution is 2.24. The van der Waals surface area contributed by atoms with Gasteiger partial charge >= 0.3 is 5.97 Å². The van der Waals surface area contributed by atoms with Crippen molar-refractivity contribution in [3.05, 3.63) is 21.4 Å². The van der Waals surface area contributed by atoms with Crippen LogP contribution in [0.15, 0.2) is 6.07 Å². The number of rotatable bonds is 7. The molecule has 2 unspecified atom stereocenters. The van der Waals surface area contributed by atoms with Crippen molar-refractivity contribution in [2.75, 3.05) is 0 Å². The zero-order valence-electron chi connectivity index (χ0n) is 15.2. The van der Waals surface area contributed by atoms with Gasteiger partial charge in [-0.25, -0.2) is 4.79 Å². The molecule has 2 atom stereocenters. The van der Waals surface area contributed by atoms with Gasteiger partial charge < -0.3 is 10.1 Å². The molecule has 6 heteroatoms. The average molecular weight is 350 g/mol. The number of carbonyl (C=O) groups excluding carboxylic acids is 2. The standard InChI is InChI=1S/C18H26N2O3S/c1-7-8-14-9-15(24-13(14)5)17(22)23-12(4)16(21)20-18(6,10-19)11(2)3/h9,11-12H,7-8H2,1-6H3,(H,20,21). The van der Waals surface area contributed by atoms with Crippen molar-refractivity contribution in [3.63, 3.8) is 0 Å². The monoisotopic (exact) mass is 350 g/mol. The lowest BCUT2D eigenvalue weighted by Crippen LogP contribution is -2.52. The van der Waals surface area contributed by atoms with Gasteiger partial charge in [0.2, 0.25) is 0 Å². The molecule has 1 N–H and O–H groups in total. The van der Waals surface area contributed by atoms with E-state index in [1.54, 1.807) is 6.92 Å². The van der Waals surface area contributed by atoms with Gasteiger partial charge in [0.1, 0.15) is 10.4 Å². The van der Waals surface area contributed by atoms with E-state index in [9.17, 15) is 14.9 Å². The highest BCUT2D eigenvalue weighted by Gasteiger charge is 2.32. The average Bonchev–Trinajstić information content (AvgIpc) is 2.88. The fourth-order valence-electron chi connectivity index (χ4n) is 2.07. The number of nitrogens with zero attached hydrogens (tertiary/aromatic N) is 1. The van der Waals surface area contributed by atoms with Crippen molar-refractivity contribution >= 4 is 23.2 Å². The van der Waals surface area contributed by atoms with E-state index in [1.807, 2.05) is 26.8 Å². The summed E-state index contributed by atoms with van der Waals surface area (Å²) in [6, 6.07) is 3.94. The Morgan fingerprint density at radius 2 is 2.04 bits per heavy atom. The number of aryl methyl sites for hydroxylation is 2. The zero-order chi connectivity index (χ0) is 18.5. The summed E-state index contributed by atoms with van der Waals surface area (Å²) >= 11 is 1.38. The summed E-state index contributed by atoms with van der Waals surface area (Å²) in [5.74, 6) is -1.04. The van der Waals surface area contributed by atoms with E-state index in [4.69, 9.17) is 4.74 Å². The predicted molar refractivity (Wildman–Crippen MR) is 94.9 cm³/mol. The summed E-state index contributed by atoms with van der Waals surface area (Å²) in [6.07, 6.45) is 0.967. The molecule has 0 saturated heterocycles. The molecular weight excluding hydrogens is 324 g/mol. The maximum Gasteiger partial charge on any atom is 0.349 e. The van der Waals surface area contributed by atoms with Gasteiger partial charge in [-0.1, -0.05) is 27.2 Å². The van der Waals surface area contributed by atoms with Crippen LogP contribution in [0.3, 0.4) is 0 Å². The van der Waals surface area contributed by atoms with Gasteiger partial charge in [0, 0.05) is 4.88 Å². The molecule has 0 aliphatic carbocycles. The number of hydrogen-bond donors (Lipinski definition) is 1. The predicted octanol–water partition coefficient (Wildman–Crippen LogP) is 3.61. The Morgan fingerprint density at radius 3 is 2.54 bits per heavy atom. The number of nitrogens with one attached hydrogen (secondary N) is 1. The number of esters is 1. The van der Waals surface area contributed by atoms with Crippen LogP contribution in [-0.2, 0) is 16.0 Å². The first-order chi connectivity index (χ1) is 11.1. The molecule has 0 radical (unpaired) electrons. The van der Waals surface area contributed by atoms with Crippen LogP contribution in [0.2, 0.25) is 0 Å². The van der Waals surface area contributed by atoms with Gasteiger partial charge in [0.25, 0.3) is 5.91 Å². The van der Waals surface area contributed by atoms with E-state index < -0.39 is 23.5 Å². The normalized spacial score (nSPS) is 14.6. The summed E-state index contributed by atoms with van der Waals surface area (Å²) in [5.41, 5.74) is 0.148. The Hall–Kier alpha value is -1.87. The largest absolute Gasteiger partial charge is 0.448 e. The molecule has 1 aromatic rings. The Morgan fingerprint density at radius 1 is 1.42 bits per heavy atom. The summed E-state index contributed by atoms with van der Waals surface area (Å²) in [4.78, 5) is 26.1. The molecule has 0 aliphatic heterocycles. The fourth-order valence-corrected chi connectivity index (χ4v) is 3.02. The molecule has 0 fully saturated rings. The second-order valence-corrected chi connectivity index (χ2v) is 7.70. The van der Waals surface area contributed by atoms with Crippen molar-refractivity contribution in [1.82, 2.24) is 5.32 Å². The van der Waals surface area contributed by atoms with Gasteiger partial charge in [-0.15, -0.1) is 11.3 Å². The van der Waals surface area contributed by atoms with Crippen LogP contribution in [0.5, 0.6) is 0 Å². The molecule has 24 heavy (non-hydrogen) atoms. The minimum Gasteiger partial charge on any atom is -0.448 e. The van der Waals surface area contributed by atoms with Crippen LogP contribution in [0.4, 0.5) is 0 Å². The van der Waals surface area contributed by atoms with Gasteiger partial charge in [0.15, 0.2) is 6.10 Å². The molecule has 1 aromatic heterocycles. The van der Waals surface area contributed by atoms with Crippen LogP contribution in [0.25, 0.3) is 0 Å². The van der Waals surface area contributed by atoms with E-state index in [0.29, 0.717) is 4.88 Å². The van der Waals surface area contributed by atoms with Gasteiger partial charge in [-0.05, 0) is 44.7 Å². The molecule has 5 nitrogen and oxygen atoms in total. The quantitative estimate of drug-likeness (QED) is 0.762. The van der Waals surface area contributed by atoms with Gasteiger partial charge in [-0.2, -0.15) is 5.26 Å². The third-order valence-electron chi connectivity index (χ3n) is 4.16. The Kier molecular flexibility index (Phi) is 6.97. The zero-order valence-corrected chi connectivity index (χ0v) is 16.0. The molecular formula is C18H26N2O3S. The Labute approximate surface area is 148 Å². The van der Waals surface area contributed by atoms with E-state index in [2.05, 4.69) is 18.3 Å². The second-order valence-electron chi connectivity index (χ2n) is 6.45. The maximum absolute atomic E-state index is 12.2. The van der Waals surface area contributed by atoms with Crippen molar-refractivity contribution in [2.45, 2.75) is 66.0 Å². The molecule has 1 heterocycles. The van der Waals surface area contributed by atoms with E-state index in [-0.39, 0.29) is 5.92 Å². The molecule has 1 amide bonds. The fraction of sp³-hybridized carbons (Fsp3) is 0.611. The minimum absolute atomic E-state index is 0.0640. The summed E-state index contributed by atoms with van der Waals surface area (Å²) in [6.45, 7) is 10.9. The first-order valence-electron chi connectivity index (χ1n) is 8.18. The maximum atomic E-state index is 12.2. The lowest BCUT2D eigenvalue weighted by atomic mass is 9.90. The summed E-state index contributed by atoms with van der Waals surface area (Å²) < 4.78 is 5.26. The number of thiophene rings is 1. The topological polar surface area (TPSA) is 79.2 Å². The van der Waals surface area contributed by atoms with Crippen LogP contribution in [0, 0.1) is 24.2 Å². The van der Waals surface area contributed by atoms with Crippen molar-refractivity contribution in [3.8, 4) is 6.07 Å². The first kappa shape index (κ1) is 20.2. The highest BCUT2D eigenvalue weighted by atomic mass is 32.1. The SMILES string of the molecule is CCCc1cc(C(=O)OC(C)C(=O)NC(C)(C#N)C(C)C)sc1C. The molecule has 0 spiro atoms. The molecule has 0 aliphatic rings. The third-order valence-corrected chi connectivity index (χ3v) is 5.24. The van der Waals surface area contributed by atoms with Crippen LogP contribution >= 0.6 is 11.3 Å². The highest BCUT2D eigenvalue weighted by molar-refractivity contribution is 7.14. The second kappa shape index (κ2) is 8.29. The lowest BCUT2D eigenvalue weighted by molar-refractivity contribution is -0.130. The summed E-state index contributed by atoms with van der Waals surface area (Å²) in [7, 11) is 0. The molecule has 1 rings (SSSR count).